The summed E-state index contributed by atoms with van der Waals surface area (Å²) >= 11 is 1.20. The van der Waals surface area contributed by atoms with Crippen molar-refractivity contribution in [2.75, 3.05) is 13.2 Å². The van der Waals surface area contributed by atoms with E-state index in [0.29, 0.717) is 45.6 Å². The van der Waals surface area contributed by atoms with E-state index >= 15 is 0 Å². The van der Waals surface area contributed by atoms with E-state index in [9.17, 15) is 35.9 Å². The van der Waals surface area contributed by atoms with Gasteiger partial charge in [0, 0.05) is 11.9 Å². The lowest BCUT2D eigenvalue weighted by molar-refractivity contribution is -0.143. The first kappa shape index (κ1) is 27.2. The van der Waals surface area contributed by atoms with E-state index in [1.165, 1.54) is 22.6 Å². The number of halogens is 6. The fourth-order valence-corrected chi connectivity index (χ4v) is 6.10. The fourth-order valence-electron chi connectivity index (χ4n) is 5.10. The number of carbonyl (C=O) groups excluding carboxylic acids is 2. The van der Waals surface area contributed by atoms with Gasteiger partial charge < -0.3 is 15.0 Å². The minimum Gasteiger partial charge on any atom is -0.447 e. The third-order valence-corrected chi connectivity index (χ3v) is 8.05. The molecular formula is C26H19F6N5O3S. The van der Waals surface area contributed by atoms with E-state index in [1.807, 2.05) is 4.90 Å². The molecule has 1 N–H and O–H groups in total. The largest absolute Gasteiger partial charge is 0.447 e. The van der Waals surface area contributed by atoms with Crippen LogP contribution in [-0.2, 0) is 28.4 Å². The van der Waals surface area contributed by atoms with Gasteiger partial charge in [-0.05, 0) is 59.7 Å². The summed E-state index contributed by atoms with van der Waals surface area (Å²) in [6.45, 7) is 0.295. The van der Waals surface area contributed by atoms with Gasteiger partial charge in [0.2, 0.25) is 0 Å². The molecule has 2 amide bonds. The molecule has 4 heterocycles. The van der Waals surface area contributed by atoms with Crippen LogP contribution in [0, 0.1) is 0 Å². The van der Waals surface area contributed by atoms with Crippen molar-refractivity contribution >= 4 is 45.9 Å². The molecule has 0 unspecified atom stereocenters. The van der Waals surface area contributed by atoms with Crippen LogP contribution in [0.1, 0.15) is 28.7 Å². The number of likely N-dealkylation sites (tertiary alicyclic amines) is 1. The van der Waals surface area contributed by atoms with Gasteiger partial charge in [0.05, 0.1) is 46.4 Å². The number of cyclic esters (lactones) is 1. The highest BCUT2D eigenvalue weighted by Crippen LogP contribution is 2.38. The van der Waals surface area contributed by atoms with Gasteiger partial charge in [0.25, 0.3) is 5.91 Å². The van der Waals surface area contributed by atoms with E-state index in [-0.39, 0.29) is 30.3 Å². The summed E-state index contributed by atoms with van der Waals surface area (Å²) in [5.74, 6) is -0.424. The number of aromatic nitrogens is 2. The van der Waals surface area contributed by atoms with Gasteiger partial charge in [0.1, 0.15) is 6.61 Å². The molecule has 15 heteroatoms. The summed E-state index contributed by atoms with van der Waals surface area (Å²) < 4.78 is 86.2. The predicted octanol–water partition coefficient (Wildman–Crippen LogP) is 5.28. The van der Waals surface area contributed by atoms with Crippen LogP contribution in [0.5, 0.6) is 0 Å². The van der Waals surface area contributed by atoms with Crippen molar-refractivity contribution in [3.8, 4) is 0 Å². The molecule has 214 valence electrons. The minimum atomic E-state index is -4.99. The standard InChI is InChI=1S/C26H19F6N5O3S/c27-25(28,29)16-3-2-14(19(7-16)26(30,31)32)10-37-20-4-1-13(5-15(20)9-33-37)6-21-22(38)35-23(41-21)36-11-17-8-18(36)12-40-24(39)34-17/h1-7,9,17-18H,8,10-12H2,(H,34,39)/t17-,18-/m1/s1. The highest BCUT2D eigenvalue weighted by molar-refractivity contribution is 8.18. The van der Waals surface area contributed by atoms with Gasteiger partial charge in [-0.1, -0.05) is 12.1 Å². The number of rotatable bonds is 3. The van der Waals surface area contributed by atoms with E-state index in [2.05, 4.69) is 15.4 Å². The second-order valence-corrected chi connectivity index (χ2v) is 10.8. The number of hydrogen-bond acceptors (Lipinski definition) is 6. The van der Waals surface area contributed by atoms with Crippen molar-refractivity contribution in [3.05, 3.63) is 69.8 Å². The van der Waals surface area contributed by atoms with Crippen molar-refractivity contribution in [2.45, 2.75) is 37.4 Å². The number of aliphatic imine (C=N–C) groups is 1. The van der Waals surface area contributed by atoms with Crippen LogP contribution in [0.25, 0.3) is 17.0 Å². The number of ether oxygens (including phenoxy) is 1. The zero-order chi connectivity index (χ0) is 29.1. The number of hydrogen-bond donors (Lipinski definition) is 1. The molecular weight excluding hydrogens is 576 g/mol. The average Bonchev–Trinajstić information content (AvgIpc) is 3.54. The topological polar surface area (TPSA) is 88.8 Å². The van der Waals surface area contributed by atoms with E-state index < -0.39 is 42.0 Å². The lowest BCUT2D eigenvalue weighted by Crippen LogP contribution is -2.42. The van der Waals surface area contributed by atoms with Crippen LogP contribution in [0.2, 0.25) is 0 Å². The summed E-state index contributed by atoms with van der Waals surface area (Å²) in [4.78, 5) is 30.7. The van der Waals surface area contributed by atoms with Gasteiger partial charge in [-0.2, -0.15) is 36.4 Å². The fraction of sp³-hybridized carbons (Fsp3) is 0.308. The summed E-state index contributed by atoms with van der Waals surface area (Å²) in [5.41, 5.74) is -2.03. The van der Waals surface area contributed by atoms with Gasteiger partial charge in [0.15, 0.2) is 5.17 Å². The Morgan fingerprint density at radius 1 is 1.07 bits per heavy atom. The first-order chi connectivity index (χ1) is 19.3. The van der Waals surface area contributed by atoms with Crippen LogP contribution in [0.4, 0.5) is 31.1 Å². The van der Waals surface area contributed by atoms with Crippen LogP contribution in [-0.4, -0.2) is 57.1 Å². The van der Waals surface area contributed by atoms with Crippen LogP contribution in [0.3, 0.4) is 0 Å². The number of carbonyl (C=O) groups is 2. The molecule has 0 saturated carbocycles. The molecule has 3 aliphatic rings. The monoisotopic (exact) mass is 595 g/mol. The molecule has 1 aromatic heterocycles. The molecule has 2 fully saturated rings. The molecule has 41 heavy (non-hydrogen) atoms. The first-order valence-electron chi connectivity index (χ1n) is 12.3. The van der Waals surface area contributed by atoms with Gasteiger partial charge in [-0.3, -0.25) is 9.48 Å². The number of amidine groups is 1. The number of thioether (sulfide) groups is 1. The molecule has 0 spiro atoms. The molecule has 0 aliphatic carbocycles. The number of alkyl halides is 6. The Labute approximate surface area is 232 Å². The second-order valence-electron chi connectivity index (χ2n) is 9.78. The molecule has 8 nitrogen and oxygen atoms in total. The highest BCUT2D eigenvalue weighted by atomic mass is 32.2. The lowest BCUT2D eigenvalue weighted by Gasteiger charge is -2.26. The number of nitrogens with one attached hydrogen (secondary N) is 1. The van der Waals surface area contributed by atoms with E-state index in [0.717, 1.165) is 6.07 Å². The molecule has 0 radical (unpaired) electrons. The smallest absolute Gasteiger partial charge is 0.416 e. The number of fused-ring (bicyclic) bond motifs is 3. The van der Waals surface area contributed by atoms with Gasteiger partial charge >= 0.3 is 18.4 Å². The first-order valence-corrected chi connectivity index (χ1v) is 13.1. The third kappa shape index (κ3) is 5.37. The molecule has 3 aliphatic heterocycles. The van der Waals surface area contributed by atoms with Crippen molar-refractivity contribution < 1.29 is 40.7 Å². The van der Waals surface area contributed by atoms with E-state index in [1.54, 1.807) is 24.3 Å². The molecule has 2 saturated heterocycles. The number of nitrogens with zero attached hydrogens (tertiary/aromatic N) is 4. The molecule has 6 rings (SSSR count). The maximum absolute atomic E-state index is 13.6. The molecule has 3 aromatic rings. The number of alkyl carbamates (subject to hydrolysis) is 1. The van der Waals surface area contributed by atoms with Gasteiger partial charge in [-0.25, -0.2) is 4.79 Å². The summed E-state index contributed by atoms with van der Waals surface area (Å²) in [6, 6.07) is 6.32. The average molecular weight is 596 g/mol. The SMILES string of the molecule is O=C1N[C@@H]2C[C@H](CO1)N(C1=NC(=O)C(=Cc3ccc4c(cnn4Cc4ccc(C(F)(F)F)cc4C(F)(F)F)c3)S1)C2. The predicted molar refractivity (Wildman–Crippen MR) is 137 cm³/mol. The Balaban J connectivity index is 1.21. The Hall–Kier alpha value is -4.01. The summed E-state index contributed by atoms with van der Waals surface area (Å²) in [7, 11) is 0. The maximum Gasteiger partial charge on any atom is 0.416 e. The Morgan fingerprint density at radius 3 is 2.63 bits per heavy atom. The number of benzene rings is 2. The Kier molecular flexibility index (Phi) is 6.51. The summed E-state index contributed by atoms with van der Waals surface area (Å²) in [6.07, 6.45) is -6.61. The number of amides is 2. The molecule has 2 bridgehead atoms. The highest BCUT2D eigenvalue weighted by Gasteiger charge is 2.41. The van der Waals surface area contributed by atoms with Crippen molar-refractivity contribution in [3.63, 3.8) is 0 Å². The maximum atomic E-state index is 13.6. The normalized spacial score (nSPS) is 22.2. The van der Waals surface area contributed by atoms with Crippen LogP contribution in [0.15, 0.2) is 52.5 Å². The van der Waals surface area contributed by atoms with Gasteiger partial charge in [-0.15, -0.1) is 0 Å². The second kappa shape index (κ2) is 9.82. The quantitative estimate of drug-likeness (QED) is 0.328. The zero-order valence-electron chi connectivity index (χ0n) is 20.8. The molecule has 2 atom stereocenters. The van der Waals surface area contributed by atoms with Crippen LogP contribution < -0.4 is 5.32 Å². The summed E-state index contributed by atoms with van der Waals surface area (Å²) in [5, 5.41) is 7.98. The van der Waals surface area contributed by atoms with Crippen molar-refractivity contribution in [2.24, 2.45) is 4.99 Å². The van der Waals surface area contributed by atoms with Crippen molar-refractivity contribution in [1.29, 1.82) is 0 Å². The third-order valence-electron chi connectivity index (χ3n) is 7.02. The zero-order valence-corrected chi connectivity index (χ0v) is 21.6. The lowest BCUT2D eigenvalue weighted by atomic mass is 10.0. The Morgan fingerprint density at radius 2 is 1.88 bits per heavy atom. The Bertz CT molecular complexity index is 1630. The minimum absolute atomic E-state index is 0.0953. The van der Waals surface area contributed by atoms with E-state index in [4.69, 9.17) is 4.74 Å². The van der Waals surface area contributed by atoms with Crippen molar-refractivity contribution in [1.82, 2.24) is 20.0 Å². The van der Waals surface area contributed by atoms with Crippen LogP contribution >= 0.6 is 11.8 Å². The molecule has 2 aromatic carbocycles.